The van der Waals surface area contributed by atoms with Gasteiger partial charge in [0.2, 0.25) is 0 Å². The second-order valence-electron chi connectivity index (χ2n) is 3.92. The molecule has 2 atom stereocenters. The van der Waals surface area contributed by atoms with Gasteiger partial charge in [0.15, 0.2) is 0 Å². The smallest absolute Gasteiger partial charge is 0.0614 e. The van der Waals surface area contributed by atoms with Gasteiger partial charge in [-0.25, -0.2) is 0 Å². The van der Waals surface area contributed by atoms with Gasteiger partial charge in [0.05, 0.1) is 12.7 Å². The van der Waals surface area contributed by atoms with Crippen molar-refractivity contribution in [1.82, 2.24) is 5.32 Å². The molecule has 1 rings (SSSR count). The monoisotopic (exact) mass is 187 g/mol. The van der Waals surface area contributed by atoms with Crippen molar-refractivity contribution in [2.75, 3.05) is 20.3 Å². The fraction of sp³-hybridized carbons (Fsp3) is 1.00. The van der Waals surface area contributed by atoms with Crippen LogP contribution < -0.4 is 5.32 Å². The van der Waals surface area contributed by atoms with E-state index in [1.807, 2.05) is 0 Å². The molecule has 0 amide bonds. The van der Waals surface area contributed by atoms with Crippen molar-refractivity contribution in [3.8, 4) is 0 Å². The van der Waals surface area contributed by atoms with Crippen LogP contribution in [0.15, 0.2) is 0 Å². The molecule has 0 saturated heterocycles. The van der Waals surface area contributed by atoms with Crippen molar-refractivity contribution in [1.29, 1.82) is 0 Å². The molecule has 78 valence electrons. The van der Waals surface area contributed by atoms with Crippen molar-refractivity contribution >= 4 is 0 Å². The Labute approximate surface area is 80.5 Å². The highest BCUT2D eigenvalue weighted by molar-refractivity contribution is 4.93. The van der Waals surface area contributed by atoms with Gasteiger partial charge in [-0.15, -0.1) is 0 Å². The lowest BCUT2D eigenvalue weighted by Crippen LogP contribution is -2.52. The highest BCUT2D eigenvalue weighted by Crippen LogP contribution is 2.29. The van der Waals surface area contributed by atoms with Gasteiger partial charge >= 0.3 is 0 Å². The summed E-state index contributed by atoms with van der Waals surface area (Å²) in [6.45, 7) is 3.21. The van der Waals surface area contributed by atoms with E-state index in [1.165, 1.54) is 0 Å². The van der Waals surface area contributed by atoms with E-state index < -0.39 is 0 Å². The molecule has 1 aliphatic rings. The van der Waals surface area contributed by atoms with Crippen molar-refractivity contribution in [3.05, 3.63) is 0 Å². The van der Waals surface area contributed by atoms with Gasteiger partial charge < -0.3 is 15.2 Å². The lowest BCUT2D eigenvalue weighted by molar-refractivity contribution is 0.0105. The minimum Gasteiger partial charge on any atom is -0.394 e. The summed E-state index contributed by atoms with van der Waals surface area (Å²) in [7, 11) is 1.75. The van der Waals surface area contributed by atoms with Gasteiger partial charge in [-0.2, -0.15) is 0 Å². The summed E-state index contributed by atoms with van der Waals surface area (Å²) in [6, 6.07) is 0. The zero-order valence-electron chi connectivity index (χ0n) is 8.68. The standard InChI is InChI=1S/C10H21NO2/c1-3-11-10(8-12)6-4-5-9(7-10)13-2/h9,11-12H,3-8H2,1-2H3. The third-order valence-corrected chi connectivity index (χ3v) is 2.99. The minimum absolute atomic E-state index is 0.0757. The Bertz CT molecular complexity index is 148. The van der Waals surface area contributed by atoms with E-state index in [2.05, 4.69) is 12.2 Å². The number of nitrogens with one attached hydrogen (secondary N) is 1. The first-order chi connectivity index (χ1) is 6.26. The normalized spacial score (nSPS) is 34.8. The van der Waals surface area contributed by atoms with E-state index in [0.29, 0.717) is 6.10 Å². The number of methoxy groups -OCH3 is 1. The van der Waals surface area contributed by atoms with E-state index in [4.69, 9.17) is 4.74 Å². The maximum Gasteiger partial charge on any atom is 0.0614 e. The molecule has 0 radical (unpaired) electrons. The van der Waals surface area contributed by atoms with Crippen molar-refractivity contribution < 1.29 is 9.84 Å². The Kier molecular flexibility index (Phi) is 4.16. The molecular weight excluding hydrogens is 166 g/mol. The second kappa shape index (κ2) is 4.94. The summed E-state index contributed by atoms with van der Waals surface area (Å²) >= 11 is 0. The van der Waals surface area contributed by atoms with Crippen molar-refractivity contribution in [3.63, 3.8) is 0 Å². The topological polar surface area (TPSA) is 41.5 Å². The first-order valence-corrected chi connectivity index (χ1v) is 5.15. The first-order valence-electron chi connectivity index (χ1n) is 5.15. The Morgan fingerprint density at radius 1 is 1.62 bits per heavy atom. The number of aliphatic hydroxyl groups is 1. The number of aliphatic hydroxyl groups excluding tert-OH is 1. The van der Waals surface area contributed by atoms with Crippen LogP contribution in [-0.2, 0) is 4.74 Å². The van der Waals surface area contributed by atoms with Gasteiger partial charge in [-0.3, -0.25) is 0 Å². The lowest BCUT2D eigenvalue weighted by atomic mass is 9.80. The molecule has 0 heterocycles. The summed E-state index contributed by atoms with van der Waals surface area (Å²) in [5.74, 6) is 0. The quantitative estimate of drug-likeness (QED) is 0.687. The lowest BCUT2D eigenvalue weighted by Gasteiger charge is -2.39. The summed E-state index contributed by atoms with van der Waals surface area (Å²) in [5.41, 5.74) is -0.0757. The molecule has 0 aromatic carbocycles. The Balaban J connectivity index is 2.53. The molecule has 13 heavy (non-hydrogen) atoms. The van der Waals surface area contributed by atoms with Crippen LogP contribution in [-0.4, -0.2) is 37.0 Å². The average molecular weight is 187 g/mol. The molecule has 0 aliphatic heterocycles. The Morgan fingerprint density at radius 3 is 2.92 bits per heavy atom. The SMILES string of the molecule is CCNC1(CO)CCCC(OC)C1. The van der Waals surface area contributed by atoms with E-state index >= 15 is 0 Å². The molecule has 2 N–H and O–H groups in total. The molecule has 1 saturated carbocycles. The van der Waals surface area contributed by atoms with Crippen LogP contribution in [0, 0.1) is 0 Å². The number of hydrogen-bond donors (Lipinski definition) is 2. The first kappa shape index (κ1) is 11.0. The molecule has 1 fully saturated rings. The average Bonchev–Trinajstić information content (AvgIpc) is 2.19. The maximum absolute atomic E-state index is 9.37. The second-order valence-corrected chi connectivity index (χ2v) is 3.92. The van der Waals surface area contributed by atoms with Crippen LogP contribution in [0.4, 0.5) is 0 Å². The summed E-state index contributed by atoms with van der Waals surface area (Å²) in [6.07, 6.45) is 4.60. The molecular formula is C10H21NO2. The van der Waals surface area contributed by atoms with Gasteiger partial charge in [0.1, 0.15) is 0 Å². The van der Waals surface area contributed by atoms with E-state index in [1.54, 1.807) is 7.11 Å². The molecule has 0 bridgehead atoms. The van der Waals surface area contributed by atoms with Crippen LogP contribution in [0.25, 0.3) is 0 Å². The van der Waals surface area contributed by atoms with Crippen molar-refractivity contribution in [2.24, 2.45) is 0 Å². The fourth-order valence-corrected chi connectivity index (χ4v) is 2.24. The van der Waals surface area contributed by atoms with Gasteiger partial charge in [-0.1, -0.05) is 6.92 Å². The predicted molar refractivity (Wildman–Crippen MR) is 52.8 cm³/mol. The van der Waals surface area contributed by atoms with E-state index in [9.17, 15) is 5.11 Å². The van der Waals surface area contributed by atoms with Crippen LogP contribution >= 0.6 is 0 Å². The molecule has 3 heteroatoms. The maximum atomic E-state index is 9.37. The fourth-order valence-electron chi connectivity index (χ4n) is 2.24. The van der Waals surface area contributed by atoms with E-state index in [0.717, 1.165) is 32.2 Å². The zero-order chi connectivity index (χ0) is 9.73. The van der Waals surface area contributed by atoms with Gasteiger partial charge in [-0.05, 0) is 32.2 Å². The zero-order valence-corrected chi connectivity index (χ0v) is 8.68. The summed E-state index contributed by atoms with van der Waals surface area (Å²) in [5, 5.41) is 12.7. The predicted octanol–water partition coefficient (Wildman–Crippen LogP) is 0.916. The van der Waals surface area contributed by atoms with Crippen molar-refractivity contribution in [2.45, 2.75) is 44.2 Å². The van der Waals surface area contributed by atoms with Crippen LogP contribution in [0.2, 0.25) is 0 Å². The molecule has 1 aliphatic carbocycles. The number of rotatable bonds is 4. The van der Waals surface area contributed by atoms with Gasteiger partial charge in [0, 0.05) is 12.6 Å². The number of hydrogen-bond acceptors (Lipinski definition) is 3. The Hall–Kier alpha value is -0.120. The molecule has 0 aromatic heterocycles. The summed E-state index contributed by atoms with van der Waals surface area (Å²) in [4.78, 5) is 0. The summed E-state index contributed by atoms with van der Waals surface area (Å²) < 4.78 is 5.34. The molecule has 3 nitrogen and oxygen atoms in total. The number of ether oxygens (including phenoxy) is 1. The molecule has 0 spiro atoms. The van der Waals surface area contributed by atoms with Crippen LogP contribution in [0.5, 0.6) is 0 Å². The molecule has 2 unspecified atom stereocenters. The minimum atomic E-state index is -0.0757. The molecule has 0 aromatic rings. The largest absolute Gasteiger partial charge is 0.394 e. The van der Waals surface area contributed by atoms with Gasteiger partial charge in [0.25, 0.3) is 0 Å². The van der Waals surface area contributed by atoms with E-state index in [-0.39, 0.29) is 12.1 Å². The third-order valence-electron chi connectivity index (χ3n) is 2.99. The Morgan fingerprint density at radius 2 is 2.38 bits per heavy atom. The highest BCUT2D eigenvalue weighted by Gasteiger charge is 2.34. The third kappa shape index (κ3) is 2.66. The van der Waals surface area contributed by atoms with Crippen LogP contribution in [0.3, 0.4) is 0 Å². The van der Waals surface area contributed by atoms with Crippen LogP contribution in [0.1, 0.15) is 32.6 Å². The number of likely N-dealkylation sites (N-methyl/N-ethyl adjacent to an activating group) is 1. The highest BCUT2D eigenvalue weighted by atomic mass is 16.5.